The van der Waals surface area contributed by atoms with Crippen molar-refractivity contribution in [1.82, 2.24) is 9.80 Å². The molecule has 1 unspecified atom stereocenters. The highest BCUT2D eigenvalue weighted by molar-refractivity contribution is 5.76. The van der Waals surface area contributed by atoms with Crippen LogP contribution in [0.1, 0.15) is 46.0 Å². The summed E-state index contributed by atoms with van der Waals surface area (Å²) in [4.78, 5) is 5.00. The quantitative estimate of drug-likeness (QED) is 0.524. The van der Waals surface area contributed by atoms with Gasteiger partial charge in [-0.05, 0) is 45.3 Å². The Morgan fingerprint density at radius 1 is 1.37 bits per heavy atom. The van der Waals surface area contributed by atoms with Crippen LogP contribution in [0.5, 0.6) is 0 Å². The van der Waals surface area contributed by atoms with Crippen LogP contribution in [-0.2, 0) is 0 Å². The Labute approximate surface area is 118 Å². The van der Waals surface area contributed by atoms with Gasteiger partial charge in [0.05, 0.1) is 5.84 Å². The van der Waals surface area contributed by atoms with Crippen LogP contribution in [0, 0.1) is 11.3 Å². The molecule has 3 N–H and O–H groups in total. The molecule has 1 fully saturated rings. The van der Waals surface area contributed by atoms with Crippen molar-refractivity contribution in [2.45, 2.75) is 52.0 Å². The van der Waals surface area contributed by atoms with E-state index < -0.39 is 0 Å². The zero-order chi connectivity index (χ0) is 14.3. The Morgan fingerprint density at radius 2 is 2.11 bits per heavy atom. The van der Waals surface area contributed by atoms with E-state index in [2.05, 4.69) is 30.7 Å². The monoisotopic (exact) mass is 268 g/mol. The molecule has 1 aliphatic heterocycles. The maximum absolute atomic E-state index is 7.37. The van der Waals surface area contributed by atoms with E-state index in [0.717, 1.165) is 25.7 Å². The molecule has 4 nitrogen and oxygen atoms in total. The molecule has 0 radical (unpaired) electrons. The molecule has 112 valence electrons. The second kappa shape index (κ2) is 8.54. The molecule has 0 aromatic rings. The number of hydrogen-bond acceptors (Lipinski definition) is 3. The van der Waals surface area contributed by atoms with Crippen molar-refractivity contribution in [3.63, 3.8) is 0 Å². The fraction of sp³-hybridized carbons (Fsp3) is 0.933. The van der Waals surface area contributed by atoms with E-state index in [1.807, 2.05) is 0 Å². The molecule has 0 aromatic heterocycles. The second-order valence-corrected chi connectivity index (χ2v) is 6.39. The number of nitrogens with two attached hydrogens (primary N) is 1. The lowest BCUT2D eigenvalue weighted by Crippen LogP contribution is -2.40. The minimum Gasteiger partial charge on any atom is -0.388 e. The third-order valence-electron chi connectivity index (χ3n) is 4.02. The standard InChI is InChI=1S/C15H32N4/c1-13(2)12-19(11-8-15(16)17)10-7-14-6-4-5-9-18(14)3/h13-14H,4-12H2,1-3H3,(H3,16,17). The molecule has 0 amide bonds. The van der Waals surface area contributed by atoms with Crippen LogP contribution < -0.4 is 5.73 Å². The molecule has 19 heavy (non-hydrogen) atoms. The number of nitrogens with zero attached hydrogens (tertiary/aromatic N) is 2. The fourth-order valence-electron chi connectivity index (χ4n) is 2.93. The van der Waals surface area contributed by atoms with Crippen molar-refractivity contribution < 1.29 is 0 Å². The summed E-state index contributed by atoms with van der Waals surface area (Å²) < 4.78 is 0. The fourth-order valence-corrected chi connectivity index (χ4v) is 2.93. The van der Waals surface area contributed by atoms with Gasteiger partial charge in [0.15, 0.2) is 0 Å². The third kappa shape index (κ3) is 6.92. The van der Waals surface area contributed by atoms with Crippen LogP contribution >= 0.6 is 0 Å². The first-order chi connectivity index (χ1) is 8.99. The molecule has 0 bridgehead atoms. The summed E-state index contributed by atoms with van der Waals surface area (Å²) in [5.74, 6) is 0.986. The maximum atomic E-state index is 7.37. The Bertz CT molecular complexity index is 265. The number of piperidine rings is 1. The van der Waals surface area contributed by atoms with E-state index in [9.17, 15) is 0 Å². The molecule has 0 saturated carbocycles. The van der Waals surface area contributed by atoms with Gasteiger partial charge in [-0.3, -0.25) is 5.41 Å². The topological polar surface area (TPSA) is 56.4 Å². The first kappa shape index (κ1) is 16.4. The number of hydrogen-bond donors (Lipinski definition) is 2. The van der Waals surface area contributed by atoms with Gasteiger partial charge >= 0.3 is 0 Å². The minimum absolute atomic E-state index is 0.309. The first-order valence-electron chi connectivity index (χ1n) is 7.74. The van der Waals surface area contributed by atoms with Gasteiger partial charge in [0.1, 0.15) is 0 Å². The molecule has 1 heterocycles. The molecule has 1 saturated heterocycles. The largest absolute Gasteiger partial charge is 0.388 e. The minimum atomic E-state index is 0.309. The summed E-state index contributed by atoms with van der Waals surface area (Å²) in [6, 6.07) is 0.751. The van der Waals surface area contributed by atoms with E-state index in [0.29, 0.717) is 18.2 Å². The van der Waals surface area contributed by atoms with E-state index in [-0.39, 0.29) is 0 Å². The lowest BCUT2D eigenvalue weighted by molar-refractivity contribution is 0.150. The van der Waals surface area contributed by atoms with Crippen LogP contribution in [0.3, 0.4) is 0 Å². The summed E-state index contributed by atoms with van der Waals surface area (Å²) in [6.07, 6.45) is 6.03. The molecule has 1 atom stereocenters. The average molecular weight is 268 g/mol. The van der Waals surface area contributed by atoms with Gasteiger partial charge < -0.3 is 15.5 Å². The summed E-state index contributed by atoms with van der Waals surface area (Å²) in [5.41, 5.74) is 5.48. The van der Waals surface area contributed by atoms with Crippen LogP contribution in [0.4, 0.5) is 0 Å². The van der Waals surface area contributed by atoms with Crippen molar-refractivity contribution in [3.8, 4) is 0 Å². The van der Waals surface area contributed by atoms with Crippen LogP contribution in [-0.4, -0.2) is 54.9 Å². The smallest absolute Gasteiger partial charge is 0.0918 e. The van der Waals surface area contributed by atoms with Crippen molar-refractivity contribution >= 4 is 5.84 Å². The zero-order valence-corrected chi connectivity index (χ0v) is 13.0. The summed E-state index contributed by atoms with van der Waals surface area (Å²) in [7, 11) is 2.26. The molecular formula is C15H32N4. The van der Waals surface area contributed by atoms with Gasteiger partial charge in [-0.1, -0.05) is 20.3 Å². The number of nitrogens with one attached hydrogen (secondary N) is 1. The van der Waals surface area contributed by atoms with E-state index in [1.54, 1.807) is 0 Å². The predicted molar refractivity (Wildman–Crippen MR) is 82.7 cm³/mol. The van der Waals surface area contributed by atoms with Crippen LogP contribution in [0.25, 0.3) is 0 Å². The molecule has 0 spiro atoms. The highest BCUT2D eigenvalue weighted by Crippen LogP contribution is 2.18. The van der Waals surface area contributed by atoms with E-state index in [1.165, 1.54) is 32.2 Å². The van der Waals surface area contributed by atoms with E-state index >= 15 is 0 Å². The van der Waals surface area contributed by atoms with Crippen molar-refractivity contribution in [3.05, 3.63) is 0 Å². The predicted octanol–water partition coefficient (Wildman–Crippen LogP) is 2.14. The Morgan fingerprint density at radius 3 is 2.68 bits per heavy atom. The highest BCUT2D eigenvalue weighted by Gasteiger charge is 2.19. The van der Waals surface area contributed by atoms with Gasteiger partial charge in [0.2, 0.25) is 0 Å². The summed E-state index contributed by atoms with van der Waals surface area (Å²) in [6.45, 7) is 8.96. The highest BCUT2D eigenvalue weighted by atomic mass is 15.2. The van der Waals surface area contributed by atoms with E-state index in [4.69, 9.17) is 11.1 Å². The lowest BCUT2D eigenvalue weighted by Gasteiger charge is -2.34. The Balaban J connectivity index is 2.35. The second-order valence-electron chi connectivity index (χ2n) is 6.39. The molecule has 4 heteroatoms. The number of likely N-dealkylation sites (tertiary alicyclic amines) is 1. The summed E-state index contributed by atoms with van der Waals surface area (Å²) >= 11 is 0. The van der Waals surface area contributed by atoms with Crippen LogP contribution in [0.2, 0.25) is 0 Å². The maximum Gasteiger partial charge on any atom is 0.0918 e. The summed E-state index contributed by atoms with van der Waals surface area (Å²) in [5, 5.41) is 7.37. The first-order valence-corrected chi connectivity index (χ1v) is 7.74. The molecule has 0 aliphatic carbocycles. The van der Waals surface area contributed by atoms with Crippen LogP contribution in [0.15, 0.2) is 0 Å². The Kier molecular flexibility index (Phi) is 7.39. The van der Waals surface area contributed by atoms with Gasteiger partial charge in [-0.15, -0.1) is 0 Å². The van der Waals surface area contributed by atoms with Gasteiger partial charge in [-0.25, -0.2) is 0 Å². The number of amidine groups is 1. The molecule has 1 aliphatic rings. The molecule has 1 rings (SSSR count). The third-order valence-corrected chi connectivity index (χ3v) is 4.02. The normalized spacial score (nSPS) is 21.2. The zero-order valence-electron chi connectivity index (χ0n) is 13.0. The molecule has 0 aromatic carbocycles. The van der Waals surface area contributed by atoms with Crippen molar-refractivity contribution in [1.29, 1.82) is 5.41 Å². The molecular weight excluding hydrogens is 236 g/mol. The SMILES string of the molecule is CC(C)CN(CCC(=N)N)CCC1CCCCN1C. The number of rotatable bonds is 8. The van der Waals surface area contributed by atoms with Crippen molar-refractivity contribution in [2.24, 2.45) is 11.7 Å². The Hall–Kier alpha value is -0.610. The van der Waals surface area contributed by atoms with Gasteiger partial charge in [-0.2, -0.15) is 0 Å². The average Bonchev–Trinajstić information content (AvgIpc) is 2.33. The van der Waals surface area contributed by atoms with Crippen molar-refractivity contribution in [2.75, 3.05) is 33.2 Å². The lowest BCUT2D eigenvalue weighted by atomic mass is 9.99. The van der Waals surface area contributed by atoms with Gasteiger partial charge in [0, 0.05) is 25.6 Å². The van der Waals surface area contributed by atoms with Gasteiger partial charge in [0.25, 0.3) is 0 Å².